The molecule has 8 heteroatoms. The quantitative estimate of drug-likeness (QED) is 0.723. The Morgan fingerprint density at radius 2 is 1.76 bits per heavy atom. The van der Waals surface area contributed by atoms with Crippen LogP contribution in [0, 0.1) is 0 Å². The highest BCUT2D eigenvalue weighted by Crippen LogP contribution is 2.29. The number of fused-ring (bicyclic) bond motifs is 1. The standard InChI is InChI=1S/C21H25N3O4S/c1-3-20(25)24-11-10-17-12-18(8-9-19(17)24)21(26)23-13-15-4-6-16(7-5-15)14-29(27,28)22-2/h4-9,12,22H,3,10-11,13-14H2,1-2H3,(H,23,26). The van der Waals surface area contributed by atoms with Gasteiger partial charge in [0.2, 0.25) is 15.9 Å². The highest BCUT2D eigenvalue weighted by Gasteiger charge is 2.24. The molecule has 29 heavy (non-hydrogen) atoms. The van der Waals surface area contributed by atoms with Gasteiger partial charge in [-0.05, 0) is 48.4 Å². The summed E-state index contributed by atoms with van der Waals surface area (Å²) in [7, 11) is -1.92. The van der Waals surface area contributed by atoms with E-state index in [1.54, 1.807) is 35.2 Å². The molecule has 0 unspecified atom stereocenters. The first-order valence-electron chi connectivity index (χ1n) is 9.53. The lowest BCUT2D eigenvalue weighted by molar-refractivity contribution is -0.118. The molecule has 7 nitrogen and oxygen atoms in total. The number of carbonyl (C=O) groups is 2. The number of sulfonamides is 1. The maximum absolute atomic E-state index is 12.5. The van der Waals surface area contributed by atoms with Gasteiger partial charge in [-0.15, -0.1) is 0 Å². The molecule has 0 aliphatic carbocycles. The Bertz CT molecular complexity index is 1020. The van der Waals surface area contributed by atoms with Crippen LogP contribution in [0.3, 0.4) is 0 Å². The Hall–Kier alpha value is -2.71. The molecule has 0 aromatic heterocycles. The summed E-state index contributed by atoms with van der Waals surface area (Å²) in [5.74, 6) is -0.176. The van der Waals surface area contributed by atoms with Crippen molar-refractivity contribution in [1.29, 1.82) is 0 Å². The number of nitrogens with zero attached hydrogens (tertiary/aromatic N) is 1. The van der Waals surface area contributed by atoms with E-state index in [1.165, 1.54) is 7.05 Å². The summed E-state index contributed by atoms with van der Waals surface area (Å²) in [4.78, 5) is 26.3. The van der Waals surface area contributed by atoms with Gasteiger partial charge in [0.1, 0.15) is 0 Å². The van der Waals surface area contributed by atoms with Crippen LogP contribution in [0.1, 0.15) is 40.4 Å². The Balaban J connectivity index is 1.61. The average molecular weight is 416 g/mol. The van der Waals surface area contributed by atoms with Crippen molar-refractivity contribution in [2.75, 3.05) is 18.5 Å². The van der Waals surface area contributed by atoms with E-state index in [-0.39, 0.29) is 17.6 Å². The normalized spacial score (nSPS) is 13.2. The van der Waals surface area contributed by atoms with E-state index in [2.05, 4.69) is 10.0 Å². The van der Waals surface area contributed by atoms with Crippen LogP contribution < -0.4 is 14.9 Å². The summed E-state index contributed by atoms with van der Waals surface area (Å²) in [6.45, 7) is 2.84. The molecule has 0 atom stereocenters. The van der Waals surface area contributed by atoms with Crippen LogP contribution in [0.15, 0.2) is 42.5 Å². The third kappa shape index (κ3) is 5.02. The van der Waals surface area contributed by atoms with Gasteiger partial charge in [-0.25, -0.2) is 13.1 Å². The van der Waals surface area contributed by atoms with E-state index in [0.717, 1.165) is 23.2 Å². The highest BCUT2D eigenvalue weighted by molar-refractivity contribution is 7.88. The van der Waals surface area contributed by atoms with Crippen molar-refractivity contribution >= 4 is 27.5 Å². The lowest BCUT2D eigenvalue weighted by Gasteiger charge is -2.16. The maximum Gasteiger partial charge on any atom is 0.251 e. The van der Waals surface area contributed by atoms with Gasteiger partial charge in [-0.1, -0.05) is 31.2 Å². The second kappa shape index (κ2) is 8.75. The van der Waals surface area contributed by atoms with E-state index in [4.69, 9.17) is 0 Å². The van der Waals surface area contributed by atoms with Gasteiger partial charge >= 0.3 is 0 Å². The first-order chi connectivity index (χ1) is 13.8. The summed E-state index contributed by atoms with van der Waals surface area (Å²) in [5, 5.41) is 2.88. The number of amides is 2. The second-order valence-corrected chi connectivity index (χ2v) is 8.88. The summed E-state index contributed by atoms with van der Waals surface area (Å²) >= 11 is 0. The Morgan fingerprint density at radius 3 is 2.41 bits per heavy atom. The van der Waals surface area contributed by atoms with Gasteiger partial charge in [0.15, 0.2) is 0 Å². The van der Waals surface area contributed by atoms with Gasteiger partial charge in [0.05, 0.1) is 5.75 Å². The molecule has 0 saturated heterocycles. The summed E-state index contributed by atoms with van der Waals surface area (Å²) in [6.07, 6.45) is 1.21. The van der Waals surface area contributed by atoms with Crippen LogP contribution >= 0.6 is 0 Å². The molecule has 0 bridgehead atoms. The van der Waals surface area contributed by atoms with Crippen LogP contribution in [0.4, 0.5) is 5.69 Å². The van der Waals surface area contributed by atoms with E-state index in [9.17, 15) is 18.0 Å². The largest absolute Gasteiger partial charge is 0.348 e. The molecular formula is C21H25N3O4S. The monoisotopic (exact) mass is 415 g/mol. The van der Waals surface area contributed by atoms with Crippen LogP contribution in [-0.4, -0.2) is 33.8 Å². The van der Waals surface area contributed by atoms with Crippen LogP contribution in [0.5, 0.6) is 0 Å². The van der Waals surface area contributed by atoms with Crippen molar-refractivity contribution in [3.63, 3.8) is 0 Å². The van der Waals surface area contributed by atoms with Gasteiger partial charge in [0, 0.05) is 30.8 Å². The molecule has 2 aromatic carbocycles. The first-order valence-corrected chi connectivity index (χ1v) is 11.2. The molecule has 2 aromatic rings. The van der Waals surface area contributed by atoms with Crippen molar-refractivity contribution in [2.45, 2.75) is 32.1 Å². The van der Waals surface area contributed by atoms with Gasteiger partial charge in [0.25, 0.3) is 5.91 Å². The minimum atomic E-state index is -3.31. The smallest absolute Gasteiger partial charge is 0.251 e. The number of hydrogen-bond acceptors (Lipinski definition) is 4. The fourth-order valence-electron chi connectivity index (χ4n) is 3.32. The first kappa shape index (κ1) is 21.0. The number of benzene rings is 2. The predicted molar refractivity (Wildman–Crippen MR) is 112 cm³/mol. The zero-order valence-corrected chi connectivity index (χ0v) is 17.4. The minimum Gasteiger partial charge on any atom is -0.348 e. The second-order valence-electron chi connectivity index (χ2n) is 6.95. The molecule has 2 N–H and O–H groups in total. The Kier molecular flexibility index (Phi) is 6.34. The molecule has 2 amide bonds. The highest BCUT2D eigenvalue weighted by atomic mass is 32.2. The van der Waals surface area contributed by atoms with E-state index in [1.807, 2.05) is 19.1 Å². The molecule has 1 aliphatic heterocycles. The maximum atomic E-state index is 12.5. The molecule has 3 rings (SSSR count). The summed E-state index contributed by atoms with van der Waals surface area (Å²) < 4.78 is 25.5. The summed E-state index contributed by atoms with van der Waals surface area (Å²) in [6, 6.07) is 12.5. The number of carbonyl (C=O) groups excluding carboxylic acids is 2. The summed E-state index contributed by atoms with van der Waals surface area (Å²) in [5.41, 5.74) is 4.02. The molecule has 0 spiro atoms. The van der Waals surface area contributed by atoms with Gasteiger partial charge < -0.3 is 10.2 Å². The topological polar surface area (TPSA) is 95.6 Å². The lowest BCUT2D eigenvalue weighted by Crippen LogP contribution is -2.27. The predicted octanol–water partition coefficient (Wildman–Crippen LogP) is 1.96. The van der Waals surface area contributed by atoms with E-state index < -0.39 is 10.0 Å². The third-order valence-electron chi connectivity index (χ3n) is 4.98. The number of hydrogen-bond donors (Lipinski definition) is 2. The Morgan fingerprint density at radius 1 is 1.07 bits per heavy atom. The molecule has 0 radical (unpaired) electrons. The fraction of sp³-hybridized carbons (Fsp3) is 0.333. The SMILES string of the molecule is CCC(=O)N1CCc2cc(C(=O)NCc3ccc(CS(=O)(=O)NC)cc3)ccc21. The molecule has 1 heterocycles. The van der Waals surface area contributed by atoms with Crippen molar-refractivity contribution < 1.29 is 18.0 Å². The van der Waals surface area contributed by atoms with Crippen molar-refractivity contribution in [3.8, 4) is 0 Å². The number of rotatable bonds is 7. The van der Waals surface area contributed by atoms with Crippen molar-refractivity contribution in [2.24, 2.45) is 0 Å². The molecule has 1 aliphatic rings. The molecule has 0 saturated carbocycles. The van der Waals surface area contributed by atoms with Crippen LogP contribution in [0.25, 0.3) is 0 Å². The minimum absolute atomic E-state index is 0.0805. The molecule has 154 valence electrons. The number of nitrogens with one attached hydrogen (secondary N) is 2. The van der Waals surface area contributed by atoms with Gasteiger partial charge in [-0.2, -0.15) is 0 Å². The zero-order valence-electron chi connectivity index (χ0n) is 16.6. The Labute approximate surface area is 171 Å². The van der Waals surface area contributed by atoms with E-state index >= 15 is 0 Å². The van der Waals surface area contributed by atoms with Crippen LogP contribution in [-0.2, 0) is 33.5 Å². The fourth-order valence-corrected chi connectivity index (χ4v) is 4.10. The van der Waals surface area contributed by atoms with E-state index in [0.29, 0.717) is 30.6 Å². The molecule has 0 fully saturated rings. The van der Waals surface area contributed by atoms with Gasteiger partial charge in [-0.3, -0.25) is 9.59 Å². The van der Waals surface area contributed by atoms with Crippen LogP contribution in [0.2, 0.25) is 0 Å². The number of anilines is 1. The third-order valence-corrected chi connectivity index (χ3v) is 6.32. The zero-order chi connectivity index (χ0) is 21.0. The van der Waals surface area contributed by atoms with Crippen molar-refractivity contribution in [1.82, 2.24) is 10.0 Å². The lowest BCUT2D eigenvalue weighted by atomic mass is 10.1. The van der Waals surface area contributed by atoms with Crippen molar-refractivity contribution in [3.05, 3.63) is 64.7 Å². The molecular weight excluding hydrogens is 390 g/mol. The average Bonchev–Trinajstić information content (AvgIpc) is 3.15.